The Kier molecular flexibility index (Phi) is 7.40. The van der Waals surface area contributed by atoms with Crippen LogP contribution in [0.2, 0.25) is 0 Å². The summed E-state index contributed by atoms with van der Waals surface area (Å²) in [5, 5.41) is 8.47. The Hall–Kier alpha value is -1.87. The number of carbonyl (C=O) groups excluding carboxylic acids is 1. The number of aliphatic imine (C=N–C) groups is 1. The fraction of sp³-hybridized carbons (Fsp3) is 0.667. The van der Waals surface area contributed by atoms with Crippen LogP contribution in [0.4, 0.5) is 0 Å². The molecule has 0 aromatic rings. The topological polar surface area (TPSA) is 180 Å². The molecule has 0 bridgehead atoms. The second kappa shape index (κ2) is 8.25. The standard InChI is InChI=1S/C9H19N5O4/c10-5(2-1-3-14-9(12)13)8(17)18-4-6(11)7(15)16/h5-6H,1-4,10-11H2,(H,15,16)(H4,12,13,14). The molecule has 0 spiro atoms. The van der Waals surface area contributed by atoms with Crippen molar-refractivity contribution >= 4 is 17.9 Å². The molecule has 104 valence electrons. The van der Waals surface area contributed by atoms with Gasteiger partial charge < -0.3 is 32.8 Å². The van der Waals surface area contributed by atoms with E-state index in [-0.39, 0.29) is 5.96 Å². The van der Waals surface area contributed by atoms with Crippen molar-refractivity contribution in [3.05, 3.63) is 0 Å². The van der Waals surface area contributed by atoms with Gasteiger partial charge in [-0.2, -0.15) is 0 Å². The number of rotatable bonds is 8. The van der Waals surface area contributed by atoms with E-state index in [4.69, 9.17) is 28.0 Å². The molecule has 0 aromatic carbocycles. The Labute approximate surface area is 104 Å². The summed E-state index contributed by atoms with van der Waals surface area (Å²) in [6, 6.07) is -2.09. The predicted octanol–water partition coefficient (Wildman–Crippen LogP) is -2.68. The van der Waals surface area contributed by atoms with E-state index in [1.54, 1.807) is 0 Å². The van der Waals surface area contributed by atoms with Crippen LogP contribution >= 0.6 is 0 Å². The first-order valence-corrected chi connectivity index (χ1v) is 5.30. The van der Waals surface area contributed by atoms with Crippen LogP contribution < -0.4 is 22.9 Å². The molecular formula is C9H19N5O4. The van der Waals surface area contributed by atoms with Crippen molar-refractivity contribution in [2.75, 3.05) is 13.2 Å². The number of nitrogens with zero attached hydrogens (tertiary/aromatic N) is 1. The van der Waals surface area contributed by atoms with Crippen molar-refractivity contribution in [1.29, 1.82) is 0 Å². The number of hydrogen-bond acceptors (Lipinski definition) is 6. The van der Waals surface area contributed by atoms with Crippen LogP contribution in [-0.4, -0.2) is 48.2 Å². The van der Waals surface area contributed by atoms with E-state index in [1.807, 2.05) is 0 Å². The SMILES string of the molecule is NC(N)=NCCCC(N)C(=O)OCC(N)C(=O)O. The van der Waals surface area contributed by atoms with Crippen LogP contribution in [0, 0.1) is 0 Å². The Morgan fingerprint density at radius 3 is 2.33 bits per heavy atom. The number of nitrogens with two attached hydrogens (primary N) is 4. The lowest BCUT2D eigenvalue weighted by Crippen LogP contribution is -2.39. The number of carboxylic acids is 1. The van der Waals surface area contributed by atoms with Crippen molar-refractivity contribution in [3.63, 3.8) is 0 Å². The summed E-state index contributed by atoms with van der Waals surface area (Å²) >= 11 is 0. The lowest BCUT2D eigenvalue weighted by atomic mass is 10.2. The quantitative estimate of drug-likeness (QED) is 0.136. The van der Waals surface area contributed by atoms with Crippen molar-refractivity contribution in [2.45, 2.75) is 24.9 Å². The summed E-state index contributed by atoms with van der Waals surface area (Å²) in [5.41, 5.74) is 20.9. The maximum absolute atomic E-state index is 11.3. The summed E-state index contributed by atoms with van der Waals surface area (Å²) in [6.07, 6.45) is 0.844. The summed E-state index contributed by atoms with van der Waals surface area (Å²) in [5.74, 6) is -1.97. The van der Waals surface area contributed by atoms with Crippen LogP contribution in [-0.2, 0) is 14.3 Å². The van der Waals surface area contributed by atoms with Gasteiger partial charge >= 0.3 is 11.9 Å². The van der Waals surface area contributed by atoms with E-state index in [9.17, 15) is 9.59 Å². The zero-order valence-electron chi connectivity index (χ0n) is 9.91. The van der Waals surface area contributed by atoms with Gasteiger partial charge in [-0.25, -0.2) is 0 Å². The Bertz CT molecular complexity index is 316. The molecule has 18 heavy (non-hydrogen) atoms. The minimum Gasteiger partial charge on any atom is -0.480 e. The predicted molar refractivity (Wildman–Crippen MR) is 64.5 cm³/mol. The summed E-state index contributed by atoms with van der Waals surface area (Å²) in [4.78, 5) is 25.4. The van der Waals surface area contributed by atoms with E-state index < -0.39 is 30.6 Å². The Morgan fingerprint density at radius 1 is 1.22 bits per heavy atom. The van der Waals surface area contributed by atoms with Gasteiger partial charge in [0.05, 0.1) is 0 Å². The molecule has 0 heterocycles. The van der Waals surface area contributed by atoms with Gasteiger partial charge in [-0.15, -0.1) is 0 Å². The third-order valence-electron chi connectivity index (χ3n) is 1.99. The molecule has 0 amide bonds. The fourth-order valence-electron chi connectivity index (χ4n) is 0.987. The maximum atomic E-state index is 11.3. The Morgan fingerprint density at radius 2 is 1.83 bits per heavy atom. The number of guanidine groups is 1. The molecule has 0 aliphatic carbocycles. The average Bonchev–Trinajstić information content (AvgIpc) is 2.30. The van der Waals surface area contributed by atoms with Crippen molar-refractivity contribution in [1.82, 2.24) is 0 Å². The average molecular weight is 261 g/mol. The van der Waals surface area contributed by atoms with Crippen LogP contribution in [0.5, 0.6) is 0 Å². The lowest BCUT2D eigenvalue weighted by molar-refractivity contribution is -0.149. The van der Waals surface area contributed by atoms with Crippen molar-refractivity contribution in [2.24, 2.45) is 27.9 Å². The highest BCUT2D eigenvalue weighted by molar-refractivity contribution is 5.77. The highest BCUT2D eigenvalue weighted by Crippen LogP contribution is 1.98. The molecule has 2 unspecified atom stereocenters. The molecule has 2 atom stereocenters. The molecule has 0 rings (SSSR count). The van der Waals surface area contributed by atoms with Gasteiger partial charge in [0, 0.05) is 6.54 Å². The van der Waals surface area contributed by atoms with E-state index in [0.717, 1.165) is 0 Å². The molecule has 0 aliphatic heterocycles. The number of carboxylic acid groups (broad SMARTS) is 1. The first-order valence-electron chi connectivity index (χ1n) is 5.30. The zero-order valence-corrected chi connectivity index (χ0v) is 9.91. The molecule has 0 saturated carbocycles. The molecular weight excluding hydrogens is 242 g/mol. The smallest absolute Gasteiger partial charge is 0.324 e. The normalized spacial score (nSPS) is 13.4. The number of carbonyl (C=O) groups is 2. The molecule has 0 fully saturated rings. The van der Waals surface area contributed by atoms with E-state index in [1.165, 1.54) is 0 Å². The largest absolute Gasteiger partial charge is 0.480 e. The second-order valence-electron chi connectivity index (χ2n) is 3.63. The van der Waals surface area contributed by atoms with Crippen molar-refractivity contribution in [3.8, 4) is 0 Å². The molecule has 9 heteroatoms. The molecule has 0 radical (unpaired) electrons. The van der Waals surface area contributed by atoms with E-state index in [0.29, 0.717) is 19.4 Å². The van der Waals surface area contributed by atoms with Gasteiger partial charge in [-0.1, -0.05) is 0 Å². The zero-order chi connectivity index (χ0) is 14.1. The van der Waals surface area contributed by atoms with Gasteiger partial charge in [-0.05, 0) is 12.8 Å². The third kappa shape index (κ3) is 7.41. The van der Waals surface area contributed by atoms with Crippen LogP contribution in [0.3, 0.4) is 0 Å². The second-order valence-corrected chi connectivity index (χ2v) is 3.63. The van der Waals surface area contributed by atoms with Crippen LogP contribution in [0.1, 0.15) is 12.8 Å². The van der Waals surface area contributed by atoms with Gasteiger partial charge in [0.1, 0.15) is 18.7 Å². The Balaban J connectivity index is 3.83. The van der Waals surface area contributed by atoms with Gasteiger partial charge in [-0.3, -0.25) is 14.6 Å². The fourth-order valence-corrected chi connectivity index (χ4v) is 0.987. The van der Waals surface area contributed by atoms with Gasteiger partial charge in [0.15, 0.2) is 5.96 Å². The molecule has 0 aliphatic rings. The van der Waals surface area contributed by atoms with E-state index in [2.05, 4.69) is 9.73 Å². The first-order chi connectivity index (χ1) is 8.34. The van der Waals surface area contributed by atoms with Gasteiger partial charge in [0.2, 0.25) is 0 Å². The van der Waals surface area contributed by atoms with Crippen molar-refractivity contribution < 1.29 is 19.4 Å². The summed E-state index contributed by atoms with van der Waals surface area (Å²) in [6.45, 7) is -0.0479. The highest BCUT2D eigenvalue weighted by atomic mass is 16.5. The molecule has 0 saturated heterocycles. The monoisotopic (exact) mass is 261 g/mol. The lowest BCUT2D eigenvalue weighted by Gasteiger charge is -2.12. The van der Waals surface area contributed by atoms with E-state index >= 15 is 0 Å². The van der Waals surface area contributed by atoms with Gasteiger partial charge in [0.25, 0.3) is 0 Å². The third-order valence-corrected chi connectivity index (χ3v) is 1.99. The molecule has 0 aromatic heterocycles. The molecule has 9 nitrogen and oxygen atoms in total. The number of ether oxygens (including phenoxy) is 1. The number of esters is 1. The highest BCUT2D eigenvalue weighted by Gasteiger charge is 2.18. The molecule has 9 N–H and O–H groups in total. The maximum Gasteiger partial charge on any atom is 0.324 e. The summed E-state index contributed by atoms with van der Waals surface area (Å²) in [7, 11) is 0. The number of aliphatic carboxylic acids is 1. The minimum absolute atomic E-state index is 0.0291. The minimum atomic E-state index is -1.25. The summed E-state index contributed by atoms with van der Waals surface area (Å²) < 4.78 is 4.65. The van der Waals surface area contributed by atoms with Crippen LogP contribution in [0.15, 0.2) is 4.99 Å². The van der Waals surface area contributed by atoms with Crippen LogP contribution in [0.25, 0.3) is 0 Å². The first kappa shape index (κ1) is 16.1. The number of hydrogen-bond donors (Lipinski definition) is 5.